The predicted molar refractivity (Wildman–Crippen MR) is 36.5 cm³/mol. The molecule has 0 aliphatic carbocycles. The molecule has 2 heteroatoms. The van der Waals surface area contributed by atoms with Crippen LogP contribution >= 0.6 is 0 Å². The zero-order valence-electron chi connectivity index (χ0n) is 5.81. The van der Waals surface area contributed by atoms with E-state index in [1.807, 2.05) is 31.4 Å². The summed E-state index contributed by atoms with van der Waals surface area (Å²) in [7, 11) is 3.99. The van der Waals surface area contributed by atoms with Crippen molar-refractivity contribution in [1.82, 2.24) is 10.2 Å². The van der Waals surface area contributed by atoms with E-state index in [2.05, 4.69) is 12.2 Å². The van der Waals surface area contributed by atoms with Gasteiger partial charge >= 0.3 is 0 Å². The number of nitrogens with zero attached hydrogens (tertiary/aromatic N) is 1. The summed E-state index contributed by atoms with van der Waals surface area (Å²) in [5, 5.41) is 3.06. The van der Waals surface area contributed by atoms with E-state index in [9.17, 15) is 0 Å². The summed E-state index contributed by atoms with van der Waals surface area (Å²) in [5.41, 5.74) is 0. The lowest BCUT2D eigenvalue weighted by atomic mass is 10.7. The van der Waals surface area contributed by atoms with Gasteiger partial charge < -0.3 is 10.2 Å². The smallest absolute Gasteiger partial charge is 0.0145 e. The van der Waals surface area contributed by atoms with Crippen LogP contribution in [0.2, 0.25) is 0 Å². The fraction of sp³-hybridized carbons (Fsp3) is 0.667. The number of rotatable bonds is 3. The van der Waals surface area contributed by atoms with Crippen molar-refractivity contribution in [2.75, 3.05) is 20.6 Å². The van der Waals surface area contributed by atoms with Crippen LogP contribution in [0.3, 0.4) is 0 Å². The minimum absolute atomic E-state index is 0.990. The Kier molecular flexibility index (Phi) is 4.13. The van der Waals surface area contributed by atoms with Crippen molar-refractivity contribution < 1.29 is 0 Å². The first-order valence-electron chi connectivity index (χ1n) is 2.84. The zero-order chi connectivity index (χ0) is 6.41. The predicted octanol–water partition coefficient (Wildman–Crippen LogP) is 0.629. The fourth-order valence-electron chi connectivity index (χ4n) is 0.320. The molecule has 0 aromatic rings. The lowest BCUT2D eigenvalue weighted by Gasteiger charge is -2.02. The molecule has 0 unspecified atom stereocenters. The van der Waals surface area contributed by atoms with E-state index in [-0.39, 0.29) is 0 Å². The number of hydrogen-bond donors (Lipinski definition) is 1. The van der Waals surface area contributed by atoms with Crippen LogP contribution in [-0.4, -0.2) is 25.5 Å². The molecule has 0 saturated carbocycles. The van der Waals surface area contributed by atoms with E-state index in [0.717, 1.165) is 6.54 Å². The van der Waals surface area contributed by atoms with E-state index < -0.39 is 0 Å². The minimum Gasteiger partial charge on any atom is -0.390 e. The number of hydrogen-bond acceptors (Lipinski definition) is 2. The molecule has 48 valence electrons. The average Bonchev–Trinajstić information content (AvgIpc) is 1.66. The quantitative estimate of drug-likeness (QED) is 0.579. The molecule has 2 nitrogen and oxygen atoms in total. The monoisotopic (exact) mass is 114 g/mol. The van der Waals surface area contributed by atoms with Crippen molar-refractivity contribution in [3.8, 4) is 0 Å². The Morgan fingerprint density at radius 3 is 2.50 bits per heavy atom. The van der Waals surface area contributed by atoms with Gasteiger partial charge in [0.1, 0.15) is 0 Å². The summed E-state index contributed by atoms with van der Waals surface area (Å²) in [5.74, 6) is 0. The van der Waals surface area contributed by atoms with Gasteiger partial charge in [0.2, 0.25) is 0 Å². The molecule has 0 heterocycles. The topological polar surface area (TPSA) is 15.3 Å². The second kappa shape index (κ2) is 4.50. The standard InChI is InChI=1S/C6H14N2/c1-4-7-5-6-8(2)3/h5-7H,4H2,1-3H3/b6-5-. The van der Waals surface area contributed by atoms with Gasteiger partial charge in [0.15, 0.2) is 0 Å². The molecule has 0 atom stereocenters. The van der Waals surface area contributed by atoms with Crippen LogP contribution in [0.15, 0.2) is 12.4 Å². The third kappa shape index (κ3) is 5.34. The van der Waals surface area contributed by atoms with Crippen molar-refractivity contribution in [3.63, 3.8) is 0 Å². The van der Waals surface area contributed by atoms with Crippen molar-refractivity contribution >= 4 is 0 Å². The Labute approximate surface area is 51.2 Å². The van der Waals surface area contributed by atoms with Crippen molar-refractivity contribution in [2.45, 2.75) is 6.92 Å². The SMILES string of the molecule is CCN/C=C\N(C)C. The maximum atomic E-state index is 3.06. The van der Waals surface area contributed by atoms with Crippen LogP contribution in [0.1, 0.15) is 6.92 Å². The van der Waals surface area contributed by atoms with Crippen molar-refractivity contribution in [2.24, 2.45) is 0 Å². The van der Waals surface area contributed by atoms with Gasteiger partial charge in [0.05, 0.1) is 0 Å². The molecule has 0 radical (unpaired) electrons. The summed E-state index contributed by atoms with van der Waals surface area (Å²) >= 11 is 0. The first-order chi connectivity index (χ1) is 3.77. The first kappa shape index (κ1) is 7.34. The second-order valence-corrected chi connectivity index (χ2v) is 1.84. The molecule has 0 aromatic carbocycles. The Bertz CT molecular complexity index is 66.9. The Hall–Kier alpha value is -0.660. The van der Waals surface area contributed by atoms with Gasteiger partial charge in [-0.15, -0.1) is 0 Å². The lowest BCUT2D eigenvalue weighted by Crippen LogP contribution is -2.07. The van der Waals surface area contributed by atoms with Crippen LogP contribution in [0.4, 0.5) is 0 Å². The van der Waals surface area contributed by atoms with Crippen LogP contribution in [0.25, 0.3) is 0 Å². The molecular weight excluding hydrogens is 100 g/mol. The third-order valence-electron chi connectivity index (χ3n) is 0.695. The van der Waals surface area contributed by atoms with E-state index in [1.165, 1.54) is 0 Å². The average molecular weight is 114 g/mol. The highest BCUT2D eigenvalue weighted by atomic mass is 15.0. The molecule has 0 aliphatic heterocycles. The lowest BCUT2D eigenvalue weighted by molar-refractivity contribution is 0.559. The first-order valence-corrected chi connectivity index (χ1v) is 2.84. The van der Waals surface area contributed by atoms with E-state index >= 15 is 0 Å². The Morgan fingerprint density at radius 2 is 2.12 bits per heavy atom. The number of nitrogens with one attached hydrogen (secondary N) is 1. The third-order valence-corrected chi connectivity index (χ3v) is 0.695. The molecule has 8 heavy (non-hydrogen) atoms. The zero-order valence-corrected chi connectivity index (χ0v) is 5.81. The van der Waals surface area contributed by atoms with Gasteiger partial charge in [0, 0.05) is 33.0 Å². The fourth-order valence-corrected chi connectivity index (χ4v) is 0.320. The molecule has 0 amide bonds. The van der Waals surface area contributed by atoms with Crippen LogP contribution in [0, 0.1) is 0 Å². The summed E-state index contributed by atoms with van der Waals surface area (Å²) in [4.78, 5) is 1.99. The maximum absolute atomic E-state index is 3.06. The molecule has 0 bridgehead atoms. The molecular formula is C6H14N2. The summed E-state index contributed by atoms with van der Waals surface area (Å²) in [6.07, 6.45) is 3.91. The molecule has 0 fully saturated rings. The van der Waals surface area contributed by atoms with Crippen LogP contribution in [0.5, 0.6) is 0 Å². The molecule has 0 rings (SSSR count). The van der Waals surface area contributed by atoms with Gasteiger partial charge in [-0.25, -0.2) is 0 Å². The largest absolute Gasteiger partial charge is 0.390 e. The van der Waals surface area contributed by atoms with Crippen LogP contribution < -0.4 is 5.32 Å². The van der Waals surface area contributed by atoms with Gasteiger partial charge in [-0.2, -0.15) is 0 Å². The normalized spacial score (nSPS) is 9.88. The Morgan fingerprint density at radius 1 is 1.50 bits per heavy atom. The molecule has 0 aromatic heterocycles. The maximum Gasteiger partial charge on any atom is 0.0145 e. The molecule has 0 saturated heterocycles. The Balaban J connectivity index is 3.07. The van der Waals surface area contributed by atoms with Crippen molar-refractivity contribution in [1.29, 1.82) is 0 Å². The van der Waals surface area contributed by atoms with E-state index in [1.54, 1.807) is 0 Å². The highest BCUT2D eigenvalue weighted by Gasteiger charge is 1.71. The molecule has 0 aliphatic rings. The van der Waals surface area contributed by atoms with Crippen molar-refractivity contribution in [3.05, 3.63) is 12.4 Å². The second-order valence-electron chi connectivity index (χ2n) is 1.84. The van der Waals surface area contributed by atoms with Gasteiger partial charge in [-0.3, -0.25) is 0 Å². The van der Waals surface area contributed by atoms with E-state index in [4.69, 9.17) is 0 Å². The van der Waals surface area contributed by atoms with Gasteiger partial charge in [-0.05, 0) is 6.92 Å². The summed E-state index contributed by atoms with van der Waals surface area (Å²) < 4.78 is 0. The van der Waals surface area contributed by atoms with Gasteiger partial charge in [-0.1, -0.05) is 0 Å². The van der Waals surface area contributed by atoms with Gasteiger partial charge in [0.25, 0.3) is 0 Å². The highest BCUT2D eigenvalue weighted by Crippen LogP contribution is 1.71. The summed E-state index contributed by atoms with van der Waals surface area (Å²) in [6.45, 7) is 3.06. The van der Waals surface area contributed by atoms with E-state index in [0.29, 0.717) is 0 Å². The molecule has 0 spiro atoms. The minimum atomic E-state index is 0.990. The van der Waals surface area contributed by atoms with Crippen LogP contribution in [-0.2, 0) is 0 Å². The summed E-state index contributed by atoms with van der Waals surface area (Å²) in [6, 6.07) is 0. The highest BCUT2D eigenvalue weighted by molar-refractivity contribution is 4.75. The molecule has 1 N–H and O–H groups in total.